The van der Waals surface area contributed by atoms with E-state index in [9.17, 15) is 4.39 Å². The summed E-state index contributed by atoms with van der Waals surface area (Å²) in [7, 11) is 0. The van der Waals surface area contributed by atoms with Crippen molar-refractivity contribution in [3.05, 3.63) is 48.0 Å². The predicted octanol–water partition coefficient (Wildman–Crippen LogP) is 5.77. The molecule has 1 heterocycles. The third kappa shape index (κ3) is 6.47. The van der Waals surface area contributed by atoms with Crippen molar-refractivity contribution in [2.75, 3.05) is 0 Å². The fourth-order valence-electron chi connectivity index (χ4n) is 2.67. The first-order chi connectivity index (χ1) is 11.3. The third-order valence-corrected chi connectivity index (χ3v) is 4.05. The van der Waals surface area contributed by atoms with E-state index in [4.69, 9.17) is 0 Å². The lowest BCUT2D eigenvalue weighted by Crippen LogP contribution is -1.93. The Balaban J connectivity index is 1.69. The van der Waals surface area contributed by atoms with E-state index in [1.54, 1.807) is 12.1 Å². The van der Waals surface area contributed by atoms with Crippen LogP contribution in [0.25, 0.3) is 11.4 Å². The van der Waals surface area contributed by atoms with E-state index < -0.39 is 0 Å². The minimum absolute atomic E-state index is 0.380. The molecule has 1 aromatic heterocycles. The number of aryl methyl sites for hydroxylation is 1. The topological polar surface area (TPSA) is 25.8 Å². The first-order valence-corrected chi connectivity index (χ1v) is 8.78. The molecule has 0 aliphatic rings. The molecule has 0 fully saturated rings. The average molecular weight is 313 g/mol. The van der Waals surface area contributed by atoms with Crippen molar-refractivity contribution in [3.63, 3.8) is 0 Å². The van der Waals surface area contributed by atoms with Gasteiger partial charge < -0.3 is 0 Å². The summed E-state index contributed by atoms with van der Waals surface area (Å²) in [5, 5.41) is 0. The summed E-state index contributed by atoms with van der Waals surface area (Å²) in [5.74, 6) is 0.187. The first kappa shape index (κ1) is 17.6. The van der Waals surface area contributed by atoms with Gasteiger partial charge >= 0.3 is 0 Å². The van der Waals surface area contributed by atoms with E-state index in [1.165, 1.54) is 57.4 Å². The van der Waals surface area contributed by atoms with Gasteiger partial charge in [0.05, 0.1) is 0 Å². The summed E-state index contributed by atoms with van der Waals surface area (Å²) in [4.78, 5) is 8.69. The Labute approximate surface area is 139 Å². The highest BCUT2D eigenvalue weighted by atomic mass is 19.1. The number of benzene rings is 1. The van der Waals surface area contributed by atoms with Crippen LogP contribution in [0.2, 0.25) is 0 Å². The number of aromatic nitrogens is 2. The van der Waals surface area contributed by atoms with Gasteiger partial charge in [0.1, 0.15) is 5.82 Å². The van der Waals surface area contributed by atoms with Crippen LogP contribution in [0.3, 0.4) is 0 Å². The summed E-state index contributed by atoms with van der Waals surface area (Å²) in [6, 6.07) is 7.23. The van der Waals surface area contributed by atoms with Gasteiger partial charge in [-0.1, -0.05) is 64.0 Å². The summed E-state index contributed by atoms with van der Waals surface area (Å²) >= 11 is 0. The van der Waals surface area contributed by atoms with Crippen LogP contribution in [0.15, 0.2) is 30.6 Å². The van der Waals surface area contributed by atoms with Gasteiger partial charge in [0.25, 0.3) is 0 Å². The Morgan fingerprint density at radius 1 is 0.957 bits per heavy atom. The van der Waals surface area contributed by atoms with Crippen molar-refractivity contribution in [2.24, 2.45) is 0 Å². The standard InChI is InChI=1S/C20H26FN2/c1-2-3-4-5-6-7-8-9-11-17-15-22-20(23-16-17)18-12-10-13-19(21)14-18/h10,12,14-16H,2-9,11H2,1H3. The number of nitrogens with zero attached hydrogens (tertiary/aromatic N) is 2. The van der Waals surface area contributed by atoms with Crippen molar-refractivity contribution in [1.29, 1.82) is 0 Å². The van der Waals surface area contributed by atoms with Crippen molar-refractivity contribution < 1.29 is 4.39 Å². The Hall–Kier alpha value is -1.77. The molecule has 0 N–H and O–H groups in total. The number of rotatable bonds is 10. The molecule has 2 rings (SSSR count). The van der Waals surface area contributed by atoms with Crippen molar-refractivity contribution in [1.82, 2.24) is 9.97 Å². The Bertz CT molecular complexity index is 566. The summed E-state index contributed by atoms with van der Waals surface area (Å²) < 4.78 is 13.2. The van der Waals surface area contributed by atoms with Crippen LogP contribution < -0.4 is 0 Å². The van der Waals surface area contributed by atoms with Gasteiger partial charge in [-0.3, -0.25) is 0 Å². The second-order valence-corrected chi connectivity index (χ2v) is 6.07. The summed E-state index contributed by atoms with van der Waals surface area (Å²) in [5.41, 5.74) is 1.85. The van der Waals surface area contributed by atoms with Crippen LogP contribution in [0, 0.1) is 11.9 Å². The largest absolute Gasteiger partial charge is 0.236 e. The van der Waals surface area contributed by atoms with Crippen LogP contribution >= 0.6 is 0 Å². The molecule has 3 heteroatoms. The first-order valence-electron chi connectivity index (χ1n) is 8.78. The molecule has 1 aromatic carbocycles. The molecule has 0 bridgehead atoms. The van der Waals surface area contributed by atoms with E-state index in [-0.39, 0.29) is 5.82 Å². The Morgan fingerprint density at radius 3 is 2.26 bits per heavy atom. The molecule has 2 aromatic rings. The van der Waals surface area contributed by atoms with Gasteiger partial charge in [-0.25, -0.2) is 14.4 Å². The maximum Gasteiger partial charge on any atom is 0.159 e. The smallest absolute Gasteiger partial charge is 0.159 e. The third-order valence-electron chi connectivity index (χ3n) is 4.05. The van der Waals surface area contributed by atoms with Gasteiger partial charge in [-0.05, 0) is 24.5 Å². The van der Waals surface area contributed by atoms with Crippen LogP contribution in [0.4, 0.5) is 4.39 Å². The average Bonchev–Trinajstić information content (AvgIpc) is 2.58. The maximum absolute atomic E-state index is 13.2. The fourth-order valence-corrected chi connectivity index (χ4v) is 2.67. The van der Waals surface area contributed by atoms with Gasteiger partial charge in [0.15, 0.2) is 5.82 Å². The highest BCUT2D eigenvalue weighted by molar-refractivity contribution is 5.54. The number of unbranched alkanes of at least 4 members (excludes halogenated alkanes) is 7. The molecule has 0 saturated heterocycles. The predicted molar refractivity (Wildman–Crippen MR) is 92.6 cm³/mol. The van der Waals surface area contributed by atoms with Gasteiger partial charge in [-0.2, -0.15) is 0 Å². The Kier molecular flexibility index (Phi) is 7.71. The van der Waals surface area contributed by atoms with Crippen molar-refractivity contribution in [3.8, 4) is 11.4 Å². The molecule has 0 atom stereocenters. The van der Waals surface area contributed by atoms with Gasteiger partial charge in [-0.15, -0.1) is 0 Å². The summed E-state index contributed by atoms with van der Waals surface area (Å²) in [6.45, 7) is 2.25. The highest BCUT2D eigenvalue weighted by Crippen LogP contribution is 2.16. The second kappa shape index (κ2) is 10.1. The number of hydrogen-bond acceptors (Lipinski definition) is 2. The van der Waals surface area contributed by atoms with Crippen molar-refractivity contribution in [2.45, 2.75) is 64.7 Å². The minimum Gasteiger partial charge on any atom is -0.236 e. The van der Waals surface area contributed by atoms with Crippen LogP contribution in [0.1, 0.15) is 63.9 Å². The monoisotopic (exact) mass is 313 g/mol. The van der Waals surface area contributed by atoms with Gasteiger partial charge in [0, 0.05) is 24.0 Å². The minimum atomic E-state index is -0.380. The van der Waals surface area contributed by atoms with E-state index in [1.807, 2.05) is 12.4 Å². The molecule has 0 amide bonds. The molecule has 0 aliphatic carbocycles. The lowest BCUT2D eigenvalue weighted by atomic mass is 10.1. The van der Waals surface area contributed by atoms with Crippen LogP contribution in [-0.2, 0) is 6.42 Å². The molecular weight excluding hydrogens is 287 g/mol. The lowest BCUT2D eigenvalue weighted by molar-refractivity contribution is 0.575. The summed E-state index contributed by atoms with van der Waals surface area (Å²) in [6.07, 6.45) is 15.3. The Morgan fingerprint density at radius 2 is 1.61 bits per heavy atom. The fraction of sp³-hybridized carbons (Fsp3) is 0.500. The molecule has 0 unspecified atom stereocenters. The van der Waals surface area contributed by atoms with E-state index >= 15 is 0 Å². The van der Waals surface area contributed by atoms with Crippen LogP contribution in [-0.4, -0.2) is 9.97 Å². The van der Waals surface area contributed by atoms with E-state index in [0.717, 1.165) is 12.0 Å². The number of halogens is 1. The molecule has 123 valence electrons. The van der Waals surface area contributed by atoms with E-state index in [0.29, 0.717) is 11.4 Å². The quantitative estimate of drug-likeness (QED) is 0.521. The normalized spacial score (nSPS) is 10.9. The molecule has 0 aliphatic heterocycles. The zero-order valence-corrected chi connectivity index (χ0v) is 14.0. The molecule has 23 heavy (non-hydrogen) atoms. The SMILES string of the molecule is CCCCCCCCCCc1cnc(-c2cc[c]c(F)c2)nc1. The molecule has 0 saturated carbocycles. The zero-order valence-electron chi connectivity index (χ0n) is 14.0. The second-order valence-electron chi connectivity index (χ2n) is 6.07. The molecule has 1 radical (unpaired) electrons. The lowest BCUT2D eigenvalue weighted by Gasteiger charge is -2.04. The van der Waals surface area contributed by atoms with E-state index in [2.05, 4.69) is 23.0 Å². The molecule has 0 spiro atoms. The van der Waals surface area contributed by atoms with Crippen molar-refractivity contribution >= 4 is 0 Å². The molecule has 2 nitrogen and oxygen atoms in total. The maximum atomic E-state index is 13.2. The number of hydrogen-bond donors (Lipinski definition) is 0. The highest BCUT2D eigenvalue weighted by Gasteiger charge is 2.03. The molecular formula is C20H26FN2. The van der Waals surface area contributed by atoms with Gasteiger partial charge in [0.2, 0.25) is 0 Å². The van der Waals surface area contributed by atoms with Crippen LogP contribution in [0.5, 0.6) is 0 Å². The zero-order chi connectivity index (χ0) is 16.3.